The minimum absolute atomic E-state index is 0.0646. The second-order valence-corrected chi connectivity index (χ2v) is 23.1. The van der Waals surface area contributed by atoms with Crippen molar-refractivity contribution in [1.82, 2.24) is 0 Å². The van der Waals surface area contributed by atoms with Crippen molar-refractivity contribution < 1.29 is 89.1 Å². The molecule has 0 bridgehead atoms. The minimum Gasteiger partial charge on any atom is -0.479 e. The number of aliphatic hydroxyl groups is 9. The fourth-order valence-corrected chi connectivity index (χ4v) is 14.7. The van der Waals surface area contributed by atoms with Crippen LogP contribution in [-0.2, 0) is 38.0 Å². The Hall–Kier alpha value is -1.88. The maximum atomic E-state index is 14.6. The van der Waals surface area contributed by atoms with Crippen LogP contribution in [0.15, 0.2) is 11.6 Å². The van der Waals surface area contributed by atoms with Gasteiger partial charge in [-0.25, -0.2) is 4.79 Å². The third-order valence-corrected chi connectivity index (χ3v) is 18.9. The molecule has 2 unspecified atom stereocenters. The molecule has 65 heavy (non-hydrogen) atoms. The van der Waals surface area contributed by atoms with Crippen molar-refractivity contribution in [3.8, 4) is 0 Å². The summed E-state index contributed by atoms with van der Waals surface area (Å²) in [5, 5.41) is 105. The molecule has 4 saturated carbocycles. The standard InChI is InChI=1S/C47H74O18/c1-42(2)14-16-47(41(59)65-39-33(55)30(52)29(51)24(19-48)61-39)17-15-45(6)21(22(47)18-42)8-9-26-44(5)12-11-27(43(3,4)25(44)10-13-46(26,45)7)62-40-34(56)31(53)35(36(64-40)37(57)58)63-38-32(54)28(50)23(49)20-60-38/h8,22-36,38-40,48-56H,9-20H2,1-7H3,(H,57,58)/t22-,23+,24+,25?,26?,27-,28+,29+,30-,31+,32-,33+,34+,35-,36-,38+,39-,40+,44-,45+,46+,47-/m0/s1. The Bertz CT molecular complexity index is 1820. The Labute approximate surface area is 380 Å². The number of ether oxygens (including phenoxy) is 6. The van der Waals surface area contributed by atoms with E-state index in [4.69, 9.17) is 28.4 Å². The molecule has 10 N–H and O–H groups in total. The van der Waals surface area contributed by atoms with Crippen LogP contribution in [-0.4, -0.2) is 168 Å². The third kappa shape index (κ3) is 7.76. The molecule has 0 radical (unpaired) electrons. The Morgan fingerprint density at radius 2 is 1.37 bits per heavy atom. The Kier molecular flexibility index (Phi) is 13.1. The zero-order valence-electron chi connectivity index (χ0n) is 38.7. The highest BCUT2D eigenvalue weighted by Gasteiger charge is 2.70. The Morgan fingerprint density at radius 3 is 2.05 bits per heavy atom. The number of carboxylic acid groups (broad SMARTS) is 1. The lowest BCUT2D eigenvalue weighted by Crippen LogP contribution is -2.67. The van der Waals surface area contributed by atoms with E-state index >= 15 is 0 Å². The number of esters is 1. The fraction of sp³-hybridized carbons (Fsp3) is 0.915. The summed E-state index contributed by atoms with van der Waals surface area (Å²) in [6.07, 6.45) is -13.6. The molecule has 8 aliphatic rings. The van der Waals surface area contributed by atoms with Crippen LogP contribution in [0, 0.1) is 50.2 Å². The average molecular weight is 927 g/mol. The smallest absolute Gasteiger partial charge is 0.335 e. The molecule has 0 spiro atoms. The van der Waals surface area contributed by atoms with Gasteiger partial charge >= 0.3 is 11.9 Å². The van der Waals surface area contributed by atoms with E-state index in [0.29, 0.717) is 19.3 Å². The van der Waals surface area contributed by atoms with Gasteiger partial charge in [-0.1, -0.05) is 60.1 Å². The molecule has 3 aliphatic heterocycles. The van der Waals surface area contributed by atoms with E-state index in [1.165, 1.54) is 5.57 Å². The lowest BCUT2D eigenvalue weighted by molar-refractivity contribution is -0.354. The van der Waals surface area contributed by atoms with Gasteiger partial charge in [0.2, 0.25) is 6.29 Å². The first kappa shape index (κ1) is 49.5. The van der Waals surface area contributed by atoms with Crippen LogP contribution >= 0.6 is 0 Å². The maximum Gasteiger partial charge on any atom is 0.335 e. The van der Waals surface area contributed by atoms with Crippen molar-refractivity contribution in [1.29, 1.82) is 0 Å². The lowest BCUT2D eigenvalue weighted by Gasteiger charge is -2.71. The summed E-state index contributed by atoms with van der Waals surface area (Å²) in [5.74, 6) is -1.77. The number of allylic oxidation sites excluding steroid dienone is 2. The normalized spacial score (nSPS) is 52.7. The molecule has 0 aromatic heterocycles. The van der Waals surface area contributed by atoms with E-state index in [1.807, 2.05) is 0 Å². The molecule has 370 valence electrons. The predicted molar refractivity (Wildman–Crippen MR) is 225 cm³/mol. The molecule has 18 nitrogen and oxygen atoms in total. The lowest BCUT2D eigenvalue weighted by atomic mass is 9.33. The van der Waals surface area contributed by atoms with Gasteiger partial charge in [0, 0.05) is 0 Å². The topological polar surface area (TPSA) is 292 Å². The number of aliphatic hydroxyl groups excluding tert-OH is 9. The Morgan fingerprint density at radius 1 is 0.708 bits per heavy atom. The van der Waals surface area contributed by atoms with Crippen molar-refractivity contribution in [2.45, 2.75) is 205 Å². The van der Waals surface area contributed by atoms with Crippen LogP contribution in [0.3, 0.4) is 0 Å². The monoisotopic (exact) mass is 926 g/mol. The SMILES string of the molecule is CC1(C)CC[C@]2(C(=O)O[C@@H]3O[C@H](CO)[C@@H](O)[C@H](O)[C@H]3O)CC[C@]3(C)C(=CCC4[C@@]5(C)CC[C@H](O[C@@H]6O[C@H](C(=O)O)[C@@H](O[C@H]7OC[C@@H](O)[C@@H](O)[C@@H]7O)[C@H](O)[C@H]6O)C(C)(C)C5CC[C@]43C)[C@@H]2C1. The highest BCUT2D eigenvalue weighted by Crippen LogP contribution is 2.76. The zero-order chi connectivity index (χ0) is 47.6. The molecular formula is C47H74O18. The van der Waals surface area contributed by atoms with Crippen molar-refractivity contribution in [2.75, 3.05) is 13.2 Å². The summed E-state index contributed by atoms with van der Waals surface area (Å²) in [6, 6.07) is 0. The second-order valence-electron chi connectivity index (χ2n) is 23.1. The van der Waals surface area contributed by atoms with Gasteiger partial charge in [0.1, 0.15) is 61.0 Å². The molecule has 7 fully saturated rings. The van der Waals surface area contributed by atoms with Crippen LogP contribution in [0.2, 0.25) is 0 Å². The summed E-state index contributed by atoms with van der Waals surface area (Å²) in [4.78, 5) is 27.2. The number of carbonyl (C=O) groups excluding carboxylic acids is 1. The van der Waals surface area contributed by atoms with E-state index in [-0.39, 0.29) is 39.4 Å². The highest BCUT2D eigenvalue weighted by molar-refractivity contribution is 5.79. The summed E-state index contributed by atoms with van der Waals surface area (Å²) >= 11 is 0. The van der Waals surface area contributed by atoms with E-state index in [1.54, 1.807) is 0 Å². The second kappa shape index (κ2) is 17.2. The van der Waals surface area contributed by atoms with Crippen molar-refractivity contribution in [3.05, 3.63) is 11.6 Å². The van der Waals surface area contributed by atoms with Crippen LogP contribution in [0.4, 0.5) is 0 Å². The van der Waals surface area contributed by atoms with Gasteiger partial charge in [0.25, 0.3) is 0 Å². The number of fused-ring (bicyclic) bond motifs is 7. The maximum absolute atomic E-state index is 14.6. The number of hydrogen-bond donors (Lipinski definition) is 10. The predicted octanol–water partition coefficient (Wildman–Crippen LogP) is 0.872. The van der Waals surface area contributed by atoms with Gasteiger partial charge in [-0.3, -0.25) is 4.79 Å². The van der Waals surface area contributed by atoms with Gasteiger partial charge in [-0.05, 0) is 109 Å². The molecular weight excluding hydrogens is 852 g/mol. The van der Waals surface area contributed by atoms with E-state index in [0.717, 1.165) is 44.9 Å². The summed E-state index contributed by atoms with van der Waals surface area (Å²) in [5.41, 5.74) is -0.801. The molecule has 0 amide bonds. The number of hydrogen-bond acceptors (Lipinski definition) is 17. The van der Waals surface area contributed by atoms with Gasteiger partial charge in [-0.2, -0.15) is 0 Å². The van der Waals surface area contributed by atoms with Gasteiger partial charge in [0.15, 0.2) is 18.7 Å². The molecule has 3 heterocycles. The number of carboxylic acids is 1. The molecule has 22 atom stereocenters. The van der Waals surface area contributed by atoms with Gasteiger partial charge in [0.05, 0.1) is 24.7 Å². The summed E-state index contributed by atoms with van der Waals surface area (Å²) in [6.45, 7) is 14.9. The van der Waals surface area contributed by atoms with Crippen molar-refractivity contribution in [2.24, 2.45) is 50.2 Å². The number of carbonyl (C=O) groups is 2. The fourth-order valence-electron chi connectivity index (χ4n) is 14.7. The quantitative estimate of drug-likeness (QED) is 0.0918. The minimum atomic E-state index is -1.84. The first-order valence-electron chi connectivity index (χ1n) is 23.7. The van der Waals surface area contributed by atoms with Crippen LogP contribution in [0.25, 0.3) is 0 Å². The van der Waals surface area contributed by atoms with Crippen LogP contribution in [0.1, 0.15) is 113 Å². The molecule has 5 aliphatic carbocycles. The summed E-state index contributed by atoms with van der Waals surface area (Å²) < 4.78 is 34.9. The number of aliphatic carboxylic acids is 1. The Balaban J connectivity index is 1.01. The van der Waals surface area contributed by atoms with E-state index in [2.05, 4.69) is 54.5 Å². The molecule has 8 rings (SSSR count). The van der Waals surface area contributed by atoms with Gasteiger partial charge < -0.3 is 79.5 Å². The molecule has 0 aromatic carbocycles. The number of rotatable bonds is 8. The van der Waals surface area contributed by atoms with Crippen LogP contribution in [0.5, 0.6) is 0 Å². The first-order valence-corrected chi connectivity index (χ1v) is 23.7. The molecule has 0 aromatic rings. The van der Waals surface area contributed by atoms with E-state index < -0.39 is 128 Å². The zero-order valence-corrected chi connectivity index (χ0v) is 38.7. The van der Waals surface area contributed by atoms with Crippen LogP contribution < -0.4 is 0 Å². The molecule has 3 saturated heterocycles. The first-order chi connectivity index (χ1) is 30.3. The van der Waals surface area contributed by atoms with E-state index in [9.17, 15) is 60.7 Å². The summed E-state index contributed by atoms with van der Waals surface area (Å²) in [7, 11) is 0. The van der Waals surface area contributed by atoms with Crippen molar-refractivity contribution in [3.63, 3.8) is 0 Å². The molecule has 18 heteroatoms. The highest BCUT2D eigenvalue weighted by atomic mass is 16.7. The third-order valence-electron chi connectivity index (χ3n) is 18.9. The van der Waals surface area contributed by atoms with Crippen molar-refractivity contribution >= 4 is 11.9 Å². The largest absolute Gasteiger partial charge is 0.479 e. The van der Waals surface area contributed by atoms with Gasteiger partial charge in [-0.15, -0.1) is 0 Å². The average Bonchev–Trinajstić information content (AvgIpc) is 3.24.